The average Bonchev–Trinajstić information content (AvgIpc) is 2.14. The summed E-state index contributed by atoms with van der Waals surface area (Å²) in [6, 6.07) is 0. The molecule has 1 heterocycles. The summed E-state index contributed by atoms with van der Waals surface area (Å²) < 4.78 is 4.98. The Kier molecular flexibility index (Phi) is 1.97. The van der Waals surface area contributed by atoms with Crippen molar-refractivity contribution < 1.29 is 4.74 Å². The average molecular weight is 118 g/mol. The highest BCUT2D eigenvalue weighted by molar-refractivity contribution is 8.01. The number of hydrogen-bond acceptors (Lipinski definition) is 3. The lowest BCUT2D eigenvalue weighted by Gasteiger charge is -2.00. The molecule has 41 valence electrons. The fraction of sp³-hybridized carbons (Fsp3) is 0.750. The first-order valence-electron chi connectivity index (χ1n) is 2.17. The SMILES string of the molecule is COC1CN[CH]S1. The minimum absolute atomic E-state index is 0.347. The molecule has 0 spiro atoms. The third-order valence-electron chi connectivity index (χ3n) is 0.851. The van der Waals surface area contributed by atoms with Gasteiger partial charge in [0.15, 0.2) is 0 Å². The van der Waals surface area contributed by atoms with Crippen LogP contribution in [0.15, 0.2) is 0 Å². The van der Waals surface area contributed by atoms with Crippen molar-refractivity contribution in [3.63, 3.8) is 0 Å². The van der Waals surface area contributed by atoms with Crippen LogP contribution in [0.2, 0.25) is 0 Å². The van der Waals surface area contributed by atoms with E-state index in [1.807, 2.05) is 5.88 Å². The third kappa shape index (κ3) is 1.33. The van der Waals surface area contributed by atoms with E-state index in [2.05, 4.69) is 5.32 Å². The van der Waals surface area contributed by atoms with Crippen LogP contribution < -0.4 is 5.32 Å². The zero-order chi connectivity index (χ0) is 5.11. The normalized spacial score (nSPS) is 31.3. The second kappa shape index (κ2) is 2.55. The Labute approximate surface area is 47.6 Å². The first kappa shape index (κ1) is 5.41. The van der Waals surface area contributed by atoms with Gasteiger partial charge in [-0.3, -0.25) is 5.32 Å². The van der Waals surface area contributed by atoms with Gasteiger partial charge in [0.05, 0.1) is 5.88 Å². The summed E-state index contributed by atoms with van der Waals surface area (Å²) in [5.41, 5.74) is 0.347. The van der Waals surface area contributed by atoms with Crippen LogP contribution in [0.5, 0.6) is 0 Å². The Balaban J connectivity index is 2.14. The highest BCUT2D eigenvalue weighted by Gasteiger charge is 2.12. The van der Waals surface area contributed by atoms with Gasteiger partial charge in [-0.15, -0.1) is 11.8 Å². The zero-order valence-corrected chi connectivity index (χ0v) is 4.99. The van der Waals surface area contributed by atoms with Gasteiger partial charge in [-0.2, -0.15) is 0 Å². The maximum atomic E-state index is 4.98. The quantitative estimate of drug-likeness (QED) is 0.539. The van der Waals surface area contributed by atoms with Crippen molar-refractivity contribution in [2.45, 2.75) is 5.44 Å². The van der Waals surface area contributed by atoms with E-state index in [0.717, 1.165) is 6.54 Å². The van der Waals surface area contributed by atoms with Crippen molar-refractivity contribution >= 4 is 11.8 Å². The first-order valence-corrected chi connectivity index (χ1v) is 3.11. The minimum atomic E-state index is 0.347. The summed E-state index contributed by atoms with van der Waals surface area (Å²) in [4.78, 5) is 0. The van der Waals surface area contributed by atoms with Crippen molar-refractivity contribution in [2.24, 2.45) is 0 Å². The van der Waals surface area contributed by atoms with Crippen molar-refractivity contribution in [2.75, 3.05) is 13.7 Å². The van der Waals surface area contributed by atoms with E-state index in [1.54, 1.807) is 18.9 Å². The Bertz CT molecular complexity index is 53.7. The van der Waals surface area contributed by atoms with E-state index in [4.69, 9.17) is 4.74 Å². The molecule has 0 saturated carbocycles. The van der Waals surface area contributed by atoms with Crippen LogP contribution in [0.25, 0.3) is 0 Å². The van der Waals surface area contributed by atoms with E-state index < -0.39 is 0 Å². The Morgan fingerprint density at radius 2 is 2.86 bits per heavy atom. The maximum Gasteiger partial charge on any atom is 0.116 e. The van der Waals surface area contributed by atoms with Crippen molar-refractivity contribution in [1.82, 2.24) is 5.32 Å². The van der Waals surface area contributed by atoms with Crippen LogP contribution in [-0.2, 0) is 4.74 Å². The number of thioether (sulfide) groups is 1. The molecule has 0 aliphatic carbocycles. The predicted molar refractivity (Wildman–Crippen MR) is 30.7 cm³/mol. The third-order valence-corrected chi connectivity index (χ3v) is 1.82. The van der Waals surface area contributed by atoms with Gasteiger partial charge in [0.1, 0.15) is 5.44 Å². The molecular formula is C4H8NOS. The molecule has 1 saturated heterocycles. The van der Waals surface area contributed by atoms with E-state index in [-0.39, 0.29) is 0 Å². The lowest BCUT2D eigenvalue weighted by molar-refractivity contribution is 0.179. The van der Waals surface area contributed by atoms with E-state index in [9.17, 15) is 0 Å². The molecule has 1 rings (SSSR count). The molecule has 1 aliphatic rings. The number of hydrogen-bond donors (Lipinski definition) is 1. The van der Waals surface area contributed by atoms with E-state index in [0.29, 0.717) is 5.44 Å². The van der Waals surface area contributed by atoms with Crippen LogP contribution in [0, 0.1) is 5.88 Å². The maximum absolute atomic E-state index is 4.98. The fourth-order valence-electron chi connectivity index (χ4n) is 0.455. The number of ether oxygens (including phenoxy) is 1. The standard InChI is InChI=1S/C4H8NOS/c1-6-4-2-5-3-7-4/h3-5H,2H2,1H3. The topological polar surface area (TPSA) is 21.3 Å². The molecular weight excluding hydrogens is 110 g/mol. The fourth-order valence-corrected chi connectivity index (χ4v) is 1.10. The predicted octanol–water partition coefficient (Wildman–Crippen LogP) is 0.415. The summed E-state index contributed by atoms with van der Waals surface area (Å²) in [5.74, 6) is 1.95. The number of rotatable bonds is 1. The molecule has 3 heteroatoms. The summed E-state index contributed by atoms with van der Waals surface area (Å²) >= 11 is 1.68. The van der Waals surface area contributed by atoms with Crippen molar-refractivity contribution in [3.8, 4) is 0 Å². The van der Waals surface area contributed by atoms with Crippen LogP contribution in [0.4, 0.5) is 0 Å². The summed E-state index contributed by atoms with van der Waals surface area (Å²) in [6.07, 6.45) is 0. The molecule has 0 amide bonds. The summed E-state index contributed by atoms with van der Waals surface area (Å²) in [7, 11) is 1.72. The molecule has 0 aromatic heterocycles. The highest BCUT2D eigenvalue weighted by atomic mass is 32.2. The van der Waals surface area contributed by atoms with Gasteiger partial charge in [-0.05, 0) is 0 Å². The molecule has 0 aromatic carbocycles. The second-order valence-electron chi connectivity index (χ2n) is 1.33. The Morgan fingerprint density at radius 1 is 2.00 bits per heavy atom. The van der Waals surface area contributed by atoms with Crippen LogP contribution in [-0.4, -0.2) is 19.1 Å². The van der Waals surface area contributed by atoms with Crippen molar-refractivity contribution in [3.05, 3.63) is 5.88 Å². The highest BCUT2D eigenvalue weighted by Crippen LogP contribution is 2.17. The molecule has 1 radical (unpaired) electrons. The van der Waals surface area contributed by atoms with Gasteiger partial charge in [-0.25, -0.2) is 0 Å². The molecule has 0 aromatic rings. The van der Waals surface area contributed by atoms with Gasteiger partial charge in [0.25, 0.3) is 0 Å². The Hall–Kier alpha value is 0.270. The lowest BCUT2D eigenvalue weighted by Crippen LogP contribution is -2.12. The van der Waals surface area contributed by atoms with Gasteiger partial charge in [0, 0.05) is 13.7 Å². The van der Waals surface area contributed by atoms with E-state index >= 15 is 0 Å². The monoisotopic (exact) mass is 118 g/mol. The smallest absolute Gasteiger partial charge is 0.116 e. The molecule has 1 N–H and O–H groups in total. The zero-order valence-electron chi connectivity index (χ0n) is 4.18. The van der Waals surface area contributed by atoms with E-state index in [1.165, 1.54) is 0 Å². The molecule has 2 nitrogen and oxygen atoms in total. The first-order chi connectivity index (χ1) is 3.43. The number of methoxy groups -OCH3 is 1. The number of nitrogens with one attached hydrogen (secondary N) is 1. The van der Waals surface area contributed by atoms with Crippen molar-refractivity contribution in [1.29, 1.82) is 0 Å². The summed E-state index contributed by atoms with van der Waals surface area (Å²) in [5, 5.41) is 3.04. The molecule has 1 aliphatic heterocycles. The van der Waals surface area contributed by atoms with Crippen LogP contribution in [0.1, 0.15) is 0 Å². The van der Waals surface area contributed by atoms with Gasteiger partial charge in [0.2, 0.25) is 0 Å². The molecule has 7 heavy (non-hydrogen) atoms. The largest absolute Gasteiger partial charge is 0.369 e. The Morgan fingerprint density at radius 3 is 3.14 bits per heavy atom. The summed E-state index contributed by atoms with van der Waals surface area (Å²) in [6.45, 7) is 0.946. The van der Waals surface area contributed by atoms with Gasteiger partial charge < -0.3 is 4.74 Å². The molecule has 1 unspecified atom stereocenters. The second-order valence-corrected chi connectivity index (χ2v) is 2.36. The molecule has 1 fully saturated rings. The van der Waals surface area contributed by atoms with Crippen LogP contribution in [0.3, 0.4) is 0 Å². The molecule has 1 atom stereocenters. The van der Waals surface area contributed by atoms with Gasteiger partial charge in [-0.1, -0.05) is 0 Å². The van der Waals surface area contributed by atoms with Gasteiger partial charge >= 0.3 is 0 Å². The van der Waals surface area contributed by atoms with Crippen LogP contribution >= 0.6 is 11.8 Å². The lowest BCUT2D eigenvalue weighted by atomic mass is 10.7. The molecule has 0 bridgehead atoms. The minimum Gasteiger partial charge on any atom is -0.369 e.